The highest BCUT2D eigenvalue weighted by molar-refractivity contribution is 6.09. The molecule has 3 aliphatic rings. The number of esters is 1. The Morgan fingerprint density at radius 3 is 2.64 bits per heavy atom. The summed E-state index contributed by atoms with van der Waals surface area (Å²) in [7, 11) is 0. The summed E-state index contributed by atoms with van der Waals surface area (Å²) < 4.78 is 5.11. The van der Waals surface area contributed by atoms with E-state index in [9.17, 15) is 19.2 Å². The molecule has 8 heteroatoms. The number of urea groups is 1. The van der Waals surface area contributed by atoms with Crippen LogP contribution in [0.5, 0.6) is 0 Å². The van der Waals surface area contributed by atoms with Gasteiger partial charge in [-0.3, -0.25) is 19.3 Å². The summed E-state index contributed by atoms with van der Waals surface area (Å²) in [5.74, 6) is -1.27. The topological polar surface area (TPSA) is 96.0 Å². The summed E-state index contributed by atoms with van der Waals surface area (Å²) >= 11 is 0. The molecule has 3 rings (SSSR count). The van der Waals surface area contributed by atoms with Gasteiger partial charge in [-0.05, 0) is 44.4 Å². The highest BCUT2D eigenvalue weighted by Crippen LogP contribution is 2.38. The molecule has 0 aromatic rings. The minimum atomic E-state index is -0.895. The van der Waals surface area contributed by atoms with Crippen LogP contribution in [-0.2, 0) is 19.1 Å². The van der Waals surface area contributed by atoms with Gasteiger partial charge in [-0.15, -0.1) is 0 Å². The van der Waals surface area contributed by atoms with Crippen LogP contribution in [0.3, 0.4) is 0 Å². The summed E-state index contributed by atoms with van der Waals surface area (Å²) in [6, 6.07) is -0.359. The summed E-state index contributed by atoms with van der Waals surface area (Å²) in [5.41, 5.74) is -0.895. The number of piperidine rings is 1. The van der Waals surface area contributed by atoms with Crippen molar-refractivity contribution >= 4 is 23.8 Å². The van der Waals surface area contributed by atoms with Gasteiger partial charge in [-0.2, -0.15) is 0 Å². The van der Waals surface area contributed by atoms with Crippen LogP contribution in [0.2, 0.25) is 0 Å². The molecule has 4 amide bonds. The molecule has 1 N–H and O–H groups in total. The third-order valence-electron chi connectivity index (χ3n) is 6.56. The number of rotatable bonds is 5. The molecule has 1 aliphatic carbocycles. The van der Waals surface area contributed by atoms with E-state index in [2.05, 4.69) is 5.32 Å². The Hall–Kier alpha value is -2.12. The first-order chi connectivity index (χ1) is 13.4. The number of nitrogens with zero attached hydrogens (tertiary/aromatic N) is 2. The number of amides is 4. The zero-order valence-corrected chi connectivity index (χ0v) is 16.9. The van der Waals surface area contributed by atoms with E-state index >= 15 is 0 Å². The van der Waals surface area contributed by atoms with Crippen molar-refractivity contribution in [2.24, 2.45) is 5.92 Å². The lowest BCUT2D eigenvalue weighted by Crippen LogP contribution is -2.54. The van der Waals surface area contributed by atoms with Crippen LogP contribution >= 0.6 is 0 Å². The van der Waals surface area contributed by atoms with Gasteiger partial charge >= 0.3 is 12.0 Å². The van der Waals surface area contributed by atoms with Crippen molar-refractivity contribution in [2.75, 3.05) is 19.7 Å². The minimum Gasteiger partial charge on any atom is -0.454 e. The molecule has 1 saturated carbocycles. The fourth-order valence-electron chi connectivity index (χ4n) is 4.79. The standard InChI is InChI=1S/C20H31N3O5/c1-3-15-9-5-7-11-22(15)16(24)13-28-17(25)12-23-18(26)20(21-19(23)27)10-6-4-8-14(20)2/h14-15H,3-13H2,1-2H3,(H,21,27)/t14-,15+,20-/m0/s1. The van der Waals surface area contributed by atoms with Crippen molar-refractivity contribution in [1.82, 2.24) is 15.1 Å². The first-order valence-corrected chi connectivity index (χ1v) is 10.5. The van der Waals surface area contributed by atoms with Crippen molar-refractivity contribution in [3.05, 3.63) is 0 Å². The van der Waals surface area contributed by atoms with Gasteiger partial charge in [-0.25, -0.2) is 4.79 Å². The third kappa shape index (κ3) is 3.86. The van der Waals surface area contributed by atoms with Crippen LogP contribution < -0.4 is 5.32 Å². The van der Waals surface area contributed by atoms with E-state index in [1.165, 1.54) is 0 Å². The van der Waals surface area contributed by atoms with Gasteiger partial charge in [0, 0.05) is 12.6 Å². The summed E-state index contributed by atoms with van der Waals surface area (Å²) in [4.78, 5) is 52.5. The van der Waals surface area contributed by atoms with Crippen LogP contribution in [0.25, 0.3) is 0 Å². The molecule has 3 fully saturated rings. The average molecular weight is 393 g/mol. The highest BCUT2D eigenvalue weighted by atomic mass is 16.5. The first-order valence-electron chi connectivity index (χ1n) is 10.5. The number of hydrogen-bond donors (Lipinski definition) is 1. The second kappa shape index (κ2) is 8.49. The van der Waals surface area contributed by atoms with Gasteiger partial charge < -0.3 is 15.0 Å². The van der Waals surface area contributed by atoms with Crippen molar-refractivity contribution in [3.8, 4) is 0 Å². The normalized spacial score (nSPS) is 30.5. The van der Waals surface area contributed by atoms with E-state index < -0.39 is 24.1 Å². The number of carbonyl (C=O) groups excluding carboxylic acids is 4. The minimum absolute atomic E-state index is 0.0328. The fraction of sp³-hybridized carbons (Fsp3) is 0.800. The number of imide groups is 1. The molecule has 28 heavy (non-hydrogen) atoms. The molecule has 0 bridgehead atoms. The molecule has 156 valence electrons. The number of ether oxygens (including phenoxy) is 1. The maximum absolute atomic E-state index is 12.9. The fourth-order valence-corrected chi connectivity index (χ4v) is 4.79. The van der Waals surface area contributed by atoms with E-state index in [1.807, 2.05) is 13.8 Å². The maximum atomic E-state index is 12.9. The van der Waals surface area contributed by atoms with Gasteiger partial charge in [0.15, 0.2) is 6.61 Å². The molecule has 2 saturated heterocycles. The Morgan fingerprint density at radius 2 is 1.93 bits per heavy atom. The molecule has 0 unspecified atom stereocenters. The quantitative estimate of drug-likeness (QED) is 0.568. The van der Waals surface area contributed by atoms with Gasteiger partial charge in [0.05, 0.1) is 0 Å². The molecule has 2 aliphatic heterocycles. The molecule has 1 spiro atoms. The van der Waals surface area contributed by atoms with Crippen LogP contribution in [0.1, 0.15) is 65.2 Å². The van der Waals surface area contributed by atoms with E-state index in [-0.39, 0.29) is 30.4 Å². The largest absolute Gasteiger partial charge is 0.454 e. The number of carbonyl (C=O) groups is 4. The lowest BCUT2D eigenvalue weighted by molar-refractivity contribution is -0.155. The van der Waals surface area contributed by atoms with Gasteiger partial charge in [-0.1, -0.05) is 26.7 Å². The zero-order chi connectivity index (χ0) is 20.3. The van der Waals surface area contributed by atoms with E-state index in [4.69, 9.17) is 4.74 Å². The zero-order valence-electron chi connectivity index (χ0n) is 16.9. The Bertz CT molecular complexity index is 652. The van der Waals surface area contributed by atoms with Crippen molar-refractivity contribution in [3.63, 3.8) is 0 Å². The van der Waals surface area contributed by atoms with Crippen LogP contribution in [0.4, 0.5) is 4.79 Å². The van der Waals surface area contributed by atoms with Gasteiger partial charge in [0.2, 0.25) is 0 Å². The van der Waals surface area contributed by atoms with E-state index in [1.54, 1.807) is 4.90 Å². The van der Waals surface area contributed by atoms with E-state index in [0.717, 1.165) is 49.8 Å². The molecule has 8 nitrogen and oxygen atoms in total. The number of likely N-dealkylation sites (tertiary alicyclic amines) is 1. The van der Waals surface area contributed by atoms with Gasteiger partial charge in [0.25, 0.3) is 11.8 Å². The van der Waals surface area contributed by atoms with Crippen molar-refractivity contribution in [2.45, 2.75) is 76.8 Å². The van der Waals surface area contributed by atoms with Crippen LogP contribution in [0.15, 0.2) is 0 Å². The van der Waals surface area contributed by atoms with Crippen LogP contribution in [-0.4, -0.2) is 64.9 Å². The second-order valence-electron chi connectivity index (χ2n) is 8.25. The molecule has 3 atom stereocenters. The molecule has 0 radical (unpaired) electrons. The highest BCUT2D eigenvalue weighted by Gasteiger charge is 2.55. The first kappa shape index (κ1) is 20.6. The molecule has 2 heterocycles. The summed E-state index contributed by atoms with van der Waals surface area (Å²) in [5, 5.41) is 2.81. The van der Waals surface area contributed by atoms with Crippen molar-refractivity contribution in [1.29, 1.82) is 0 Å². The predicted molar refractivity (Wildman–Crippen MR) is 101 cm³/mol. The Morgan fingerprint density at radius 1 is 1.18 bits per heavy atom. The van der Waals surface area contributed by atoms with Gasteiger partial charge in [0.1, 0.15) is 12.1 Å². The summed E-state index contributed by atoms with van der Waals surface area (Å²) in [6.07, 6.45) is 7.28. The lowest BCUT2D eigenvalue weighted by atomic mass is 9.73. The Kier molecular flexibility index (Phi) is 6.25. The smallest absolute Gasteiger partial charge is 0.326 e. The molecule has 0 aromatic heterocycles. The second-order valence-corrected chi connectivity index (χ2v) is 8.25. The lowest BCUT2D eigenvalue weighted by Gasteiger charge is -2.36. The molecular weight excluding hydrogens is 362 g/mol. The Labute approximate surface area is 165 Å². The predicted octanol–water partition coefficient (Wildman–Crippen LogP) is 1.82. The average Bonchev–Trinajstić information content (AvgIpc) is 2.93. The maximum Gasteiger partial charge on any atom is 0.326 e. The SMILES string of the molecule is CC[C@@H]1CCCCN1C(=O)COC(=O)CN1C(=O)N[C@]2(CCCC[C@@H]2C)C1=O. The Balaban J connectivity index is 1.54. The van der Waals surface area contributed by atoms with Crippen LogP contribution in [0, 0.1) is 5.92 Å². The number of hydrogen-bond acceptors (Lipinski definition) is 5. The molecule has 0 aromatic carbocycles. The number of nitrogens with one attached hydrogen (secondary N) is 1. The molecular formula is C20H31N3O5. The van der Waals surface area contributed by atoms with E-state index in [0.29, 0.717) is 13.0 Å². The summed E-state index contributed by atoms with van der Waals surface area (Å²) in [6.45, 7) is 3.88. The monoisotopic (exact) mass is 393 g/mol. The van der Waals surface area contributed by atoms with Crippen molar-refractivity contribution < 1.29 is 23.9 Å². The third-order valence-corrected chi connectivity index (χ3v) is 6.56.